The van der Waals surface area contributed by atoms with Gasteiger partial charge in [-0.15, -0.1) is 0 Å². The monoisotopic (exact) mass is 477 g/mol. The summed E-state index contributed by atoms with van der Waals surface area (Å²) in [6, 6.07) is 7.54. The number of methoxy groups -OCH3 is 1. The Labute approximate surface area is 204 Å². The summed E-state index contributed by atoms with van der Waals surface area (Å²) in [4.78, 5) is 21.9. The third kappa shape index (κ3) is 6.59. The van der Waals surface area contributed by atoms with Crippen LogP contribution in [0, 0.1) is 23.7 Å². The van der Waals surface area contributed by atoms with Gasteiger partial charge >= 0.3 is 5.97 Å². The van der Waals surface area contributed by atoms with Crippen LogP contribution in [-0.4, -0.2) is 57.8 Å². The third-order valence-corrected chi connectivity index (χ3v) is 6.81. The number of carboxylic acids is 1. The summed E-state index contributed by atoms with van der Waals surface area (Å²) in [7, 11) is 1.62. The second-order valence-corrected chi connectivity index (χ2v) is 9.03. The van der Waals surface area contributed by atoms with Crippen LogP contribution in [0.15, 0.2) is 47.5 Å². The number of aliphatic carboxylic acids is 1. The number of hydrogen-bond donors (Lipinski definition) is 2. The van der Waals surface area contributed by atoms with E-state index in [1.807, 2.05) is 24.3 Å². The highest BCUT2D eigenvalue weighted by Crippen LogP contribution is 2.35. The first-order valence-electron chi connectivity index (χ1n) is 12.0. The number of aliphatic hydroxyl groups is 1. The minimum atomic E-state index is -0.774. The van der Waals surface area contributed by atoms with E-state index in [9.17, 15) is 15.0 Å². The molecule has 0 amide bonds. The van der Waals surface area contributed by atoms with Crippen molar-refractivity contribution in [1.82, 2.24) is 14.9 Å². The molecule has 3 aromatic rings. The van der Waals surface area contributed by atoms with Gasteiger partial charge in [-0.3, -0.25) is 14.7 Å². The normalized spacial score (nSPS) is 19.1. The summed E-state index contributed by atoms with van der Waals surface area (Å²) in [6.45, 7) is 2.31. The highest BCUT2D eigenvalue weighted by atomic mass is 16.5. The number of oxazole rings is 1. The number of nitrogens with zero attached hydrogens (tertiary/aromatic N) is 3. The Morgan fingerprint density at radius 1 is 1.29 bits per heavy atom. The van der Waals surface area contributed by atoms with Gasteiger partial charge < -0.3 is 19.4 Å². The van der Waals surface area contributed by atoms with Crippen LogP contribution in [0.25, 0.3) is 10.9 Å². The molecule has 1 fully saturated rings. The number of ether oxygens (including phenoxy) is 1. The fourth-order valence-electron chi connectivity index (χ4n) is 4.92. The zero-order valence-corrected chi connectivity index (χ0v) is 19.9. The molecule has 184 valence electrons. The van der Waals surface area contributed by atoms with Crippen molar-refractivity contribution in [2.45, 2.75) is 38.2 Å². The van der Waals surface area contributed by atoms with Crippen molar-refractivity contribution in [2.75, 3.05) is 26.7 Å². The molecule has 1 aliphatic rings. The van der Waals surface area contributed by atoms with Crippen LogP contribution in [-0.2, 0) is 4.79 Å². The number of benzene rings is 1. The van der Waals surface area contributed by atoms with E-state index in [2.05, 4.69) is 26.7 Å². The van der Waals surface area contributed by atoms with Crippen molar-refractivity contribution in [3.8, 4) is 17.6 Å². The largest absolute Gasteiger partial charge is 0.497 e. The number of likely N-dealkylation sites (tertiary alicyclic amines) is 1. The van der Waals surface area contributed by atoms with Gasteiger partial charge in [-0.1, -0.05) is 5.92 Å². The lowest BCUT2D eigenvalue weighted by molar-refractivity contribution is -0.137. The van der Waals surface area contributed by atoms with Crippen molar-refractivity contribution in [3.63, 3.8) is 0 Å². The van der Waals surface area contributed by atoms with Crippen molar-refractivity contribution in [3.05, 3.63) is 54.4 Å². The Morgan fingerprint density at radius 2 is 2.17 bits per heavy atom. The summed E-state index contributed by atoms with van der Waals surface area (Å²) in [5, 5.41) is 21.2. The number of piperidine rings is 1. The number of fused-ring (bicyclic) bond motifs is 1. The minimum Gasteiger partial charge on any atom is -0.497 e. The maximum atomic E-state index is 11.3. The average molecular weight is 478 g/mol. The van der Waals surface area contributed by atoms with E-state index >= 15 is 0 Å². The molecule has 2 aromatic heterocycles. The predicted molar refractivity (Wildman–Crippen MR) is 131 cm³/mol. The van der Waals surface area contributed by atoms with Crippen LogP contribution in [0.1, 0.15) is 49.5 Å². The molecule has 8 nitrogen and oxygen atoms in total. The van der Waals surface area contributed by atoms with Crippen molar-refractivity contribution < 1.29 is 24.2 Å². The summed E-state index contributed by atoms with van der Waals surface area (Å²) in [5.41, 5.74) is 2.27. The molecule has 8 heteroatoms. The van der Waals surface area contributed by atoms with Crippen molar-refractivity contribution in [1.29, 1.82) is 0 Å². The van der Waals surface area contributed by atoms with Crippen LogP contribution < -0.4 is 4.74 Å². The second kappa shape index (κ2) is 11.8. The van der Waals surface area contributed by atoms with Gasteiger partial charge in [0.15, 0.2) is 12.1 Å². The minimum absolute atomic E-state index is 0.150. The third-order valence-electron chi connectivity index (χ3n) is 6.81. The number of carbonyl (C=O) groups is 1. The molecule has 0 radical (unpaired) electrons. The first kappa shape index (κ1) is 24.7. The lowest BCUT2D eigenvalue weighted by atomic mass is 9.79. The van der Waals surface area contributed by atoms with Gasteiger partial charge in [-0.05, 0) is 79.8 Å². The first-order chi connectivity index (χ1) is 17.0. The lowest BCUT2D eigenvalue weighted by Crippen LogP contribution is -2.41. The van der Waals surface area contributed by atoms with E-state index < -0.39 is 12.1 Å². The van der Waals surface area contributed by atoms with E-state index in [0.29, 0.717) is 31.0 Å². The van der Waals surface area contributed by atoms with Crippen LogP contribution >= 0.6 is 0 Å². The lowest BCUT2D eigenvalue weighted by Gasteiger charge is -2.38. The number of hydrogen-bond acceptors (Lipinski definition) is 7. The summed E-state index contributed by atoms with van der Waals surface area (Å²) < 4.78 is 10.3. The maximum absolute atomic E-state index is 11.3. The highest BCUT2D eigenvalue weighted by Gasteiger charge is 2.30. The van der Waals surface area contributed by atoms with Crippen LogP contribution in [0.3, 0.4) is 0 Å². The summed E-state index contributed by atoms with van der Waals surface area (Å²) in [5.74, 6) is 6.68. The maximum Gasteiger partial charge on any atom is 0.303 e. The summed E-state index contributed by atoms with van der Waals surface area (Å²) in [6.07, 6.45) is 7.14. The number of rotatable bonds is 9. The number of aliphatic hydroxyl groups excluding tert-OH is 1. The van der Waals surface area contributed by atoms with E-state index in [4.69, 9.17) is 9.15 Å². The Hall–Kier alpha value is -3.41. The van der Waals surface area contributed by atoms with E-state index in [-0.39, 0.29) is 12.3 Å². The van der Waals surface area contributed by atoms with Gasteiger partial charge in [0.2, 0.25) is 0 Å². The molecule has 1 saturated heterocycles. The fourth-order valence-corrected chi connectivity index (χ4v) is 4.92. The Balaban J connectivity index is 1.39. The van der Waals surface area contributed by atoms with Crippen LogP contribution in [0.4, 0.5) is 0 Å². The van der Waals surface area contributed by atoms with E-state index in [0.717, 1.165) is 48.1 Å². The SMILES string of the molecule is COc1ccc2nccc(C(O)CC[C@@H]3CCN(CC#Cc4cocn4)C[C@@H]3CCC(=O)O)c2c1. The fraction of sp³-hybridized carbons (Fsp3) is 0.444. The number of aromatic nitrogens is 2. The Bertz CT molecular complexity index is 1180. The molecule has 2 N–H and O–H groups in total. The molecule has 3 atom stereocenters. The van der Waals surface area contributed by atoms with E-state index in [1.165, 1.54) is 12.7 Å². The van der Waals surface area contributed by atoms with Crippen molar-refractivity contribution >= 4 is 16.9 Å². The standard InChI is InChI=1S/C27H31N3O5/c1-34-22-6-7-25-24(15-22)23(10-12-28-25)26(31)8-4-19-11-14-30(16-20(19)5-9-27(32)33)13-2-3-21-17-35-18-29-21/h6-7,10,12,15,17-20,26,31H,4-5,8-9,11,13-14,16H2,1H3,(H,32,33)/t19-,20+,26?/m1/s1. The molecule has 35 heavy (non-hydrogen) atoms. The van der Waals surface area contributed by atoms with Gasteiger partial charge in [-0.2, -0.15) is 0 Å². The summed E-state index contributed by atoms with van der Waals surface area (Å²) >= 11 is 0. The number of pyridine rings is 1. The van der Waals surface area contributed by atoms with Gasteiger partial charge in [0, 0.05) is 24.5 Å². The van der Waals surface area contributed by atoms with Crippen molar-refractivity contribution in [2.24, 2.45) is 11.8 Å². The van der Waals surface area contributed by atoms with Gasteiger partial charge in [-0.25, -0.2) is 4.98 Å². The van der Waals surface area contributed by atoms with Crippen LogP contribution in [0.5, 0.6) is 5.75 Å². The molecular formula is C27H31N3O5. The molecule has 1 aromatic carbocycles. The number of carboxylic acid groups (broad SMARTS) is 1. The predicted octanol–water partition coefficient (Wildman–Crippen LogP) is 3.90. The van der Waals surface area contributed by atoms with Gasteiger partial charge in [0.1, 0.15) is 12.0 Å². The molecule has 1 aliphatic heterocycles. The van der Waals surface area contributed by atoms with Crippen LogP contribution in [0.2, 0.25) is 0 Å². The molecule has 0 saturated carbocycles. The first-order valence-corrected chi connectivity index (χ1v) is 12.0. The molecule has 0 bridgehead atoms. The second-order valence-electron chi connectivity index (χ2n) is 9.03. The Kier molecular flexibility index (Phi) is 8.35. The highest BCUT2D eigenvalue weighted by molar-refractivity contribution is 5.83. The zero-order chi connectivity index (χ0) is 24.6. The Morgan fingerprint density at radius 3 is 2.94 bits per heavy atom. The molecule has 0 aliphatic carbocycles. The quantitative estimate of drug-likeness (QED) is 0.447. The van der Waals surface area contributed by atoms with E-state index in [1.54, 1.807) is 13.3 Å². The molecule has 0 spiro atoms. The van der Waals surface area contributed by atoms with Gasteiger partial charge in [0.05, 0.1) is 25.3 Å². The molecule has 3 heterocycles. The smallest absolute Gasteiger partial charge is 0.303 e. The zero-order valence-electron chi connectivity index (χ0n) is 19.9. The topological polar surface area (TPSA) is 109 Å². The molecule has 4 rings (SSSR count). The molecule has 1 unspecified atom stereocenters. The molecular weight excluding hydrogens is 446 g/mol. The van der Waals surface area contributed by atoms with Gasteiger partial charge in [0.25, 0.3) is 0 Å². The average Bonchev–Trinajstić information content (AvgIpc) is 3.39.